The van der Waals surface area contributed by atoms with Gasteiger partial charge in [0.1, 0.15) is 5.82 Å². The summed E-state index contributed by atoms with van der Waals surface area (Å²) in [5.41, 5.74) is 0.438. The molecule has 1 rings (SSSR count). The average molecular weight is 286 g/mol. The Morgan fingerprint density at radius 3 is 2.84 bits per heavy atom. The van der Waals surface area contributed by atoms with Crippen molar-refractivity contribution in [1.82, 2.24) is 9.88 Å². The minimum atomic E-state index is -0.142. The molecule has 19 heavy (non-hydrogen) atoms. The summed E-state index contributed by atoms with van der Waals surface area (Å²) in [6.07, 6.45) is 1.63. The highest BCUT2D eigenvalue weighted by molar-refractivity contribution is 6.33. The minimum absolute atomic E-state index is 0.142. The number of amides is 1. The van der Waals surface area contributed by atoms with Crippen LogP contribution in [0.4, 0.5) is 5.82 Å². The highest BCUT2D eigenvalue weighted by atomic mass is 35.5. The molecule has 6 heteroatoms. The standard InChI is InChI=1S/C13H20ClN3O2/c1-9(2)19-6-5-17(4)13(18)10-7-12(15-3)16-8-11(10)14/h7-9H,5-6H2,1-4H3,(H,15,16). The molecule has 1 aromatic rings. The fraction of sp³-hybridized carbons (Fsp3) is 0.538. The van der Waals surface area contributed by atoms with Crippen LogP contribution in [0.1, 0.15) is 24.2 Å². The van der Waals surface area contributed by atoms with Crippen LogP contribution >= 0.6 is 11.6 Å². The molecule has 1 aromatic heterocycles. The second kappa shape index (κ2) is 7.31. The van der Waals surface area contributed by atoms with Crippen LogP contribution in [-0.2, 0) is 4.74 Å². The van der Waals surface area contributed by atoms with Gasteiger partial charge in [0.05, 0.1) is 23.3 Å². The number of likely N-dealkylation sites (N-methyl/N-ethyl adjacent to an activating group) is 1. The van der Waals surface area contributed by atoms with E-state index in [-0.39, 0.29) is 12.0 Å². The van der Waals surface area contributed by atoms with Crippen molar-refractivity contribution in [1.29, 1.82) is 0 Å². The predicted molar refractivity (Wildman–Crippen MR) is 76.8 cm³/mol. The van der Waals surface area contributed by atoms with E-state index in [1.54, 1.807) is 25.1 Å². The first-order valence-electron chi connectivity index (χ1n) is 6.16. The number of ether oxygens (including phenoxy) is 1. The van der Waals surface area contributed by atoms with Crippen LogP contribution < -0.4 is 5.32 Å². The molecular formula is C13H20ClN3O2. The summed E-state index contributed by atoms with van der Waals surface area (Å²) < 4.78 is 5.42. The highest BCUT2D eigenvalue weighted by Gasteiger charge is 2.16. The molecule has 1 N–H and O–H groups in total. The summed E-state index contributed by atoms with van der Waals surface area (Å²) in [6.45, 7) is 4.94. The molecule has 0 atom stereocenters. The van der Waals surface area contributed by atoms with Crippen LogP contribution in [0, 0.1) is 0 Å². The van der Waals surface area contributed by atoms with Gasteiger partial charge in [-0.25, -0.2) is 4.98 Å². The molecule has 1 heterocycles. The molecule has 0 spiro atoms. The maximum atomic E-state index is 12.2. The third-order valence-electron chi connectivity index (χ3n) is 2.57. The smallest absolute Gasteiger partial charge is 0.255 e. The van der Waals surface area contributed by atoms with Crippen LogP contribution in [0.2, 0.25) is 5.02 Å². The van der Waals surface area contributed by atoms with Gasteiger partial charge in [0.25, 0.3) is 5.91 Å². The molecular weight excluding hydrogens is 266 g/mol. The van der Waals surface area contributed by atoms with Gasteiger partial charge in [-0.2, -0.15) is 0 Å². The van der Waals surface area contributed by atoms with Crippen molar-refractivity contribution in [3.63, 3.8) is 0 Å². The van der Waals surface area contributed by atoms with Crippen molar-refractivity contribution >= 4 is 23.3 Å². The van der Waals surface area contributed by atoms with Crippen molar-refractivity contribution in [3.05, 3.63) is 22.8 Å². The summed E-state index contributed by atoms with van der Waals surface area (Å²) in [7, 11) is 3.46. The number of aromatic nitrogens is 1. The number of halogens is 1. The molecule has 0 aliphatic rings. The normalized spacial score (nSPS) is 10.6. The zero-order chi connectivity index (χ0) is 14.4. The lowest BCUT2D eigenvalue weighted by molar-refractivity contribution is 0.0532. The molecule has 0 unspecified atom stereocenters. The van der Waals surface area contributed by atoms with Crippen molar-refractivity contribution in [2.24, 2.45) is 0 Å². The van der Waals surface area contributed by atoms with E-state index in [0.717, 1.165) is 0 Å². The van der Waals surface area contributed by atoms with Crippen molar-refractivity contribution in [2.45, 2.75) is 20.0 Å². The Balaban J connectivity index is 2.70. The lowest BCUT2D eigenvalue weighted by atomic mass is 10.2. The van der Waals surface area contributed by atoms with Gasteiger partial charge in [0.2, 0.25) is 0 Å². The van der Waals surface area contributed by atoms with E-state index in [0.29, 0.717) is 29.6 Å². The van der Waals surface area contributed by atoms with E-state index >= 15 is 0 Å². The fourth-order valence-electron chi connectivity index (χ4n) is 1.47. The van der Waals surface area contributed by atoms with Crippen molar-refractivity contribution in [2.75, 3.05) is 32.6 Å². The van der Waals surface area contributed by atoms with Crippen LogP contribution in [0.25, 0.3) is 0 Å². The number of anilines is 1. The van der Waals surface area contributed by atoms with Gasteiger partial charge in [-0.3, -0.25) is 4.79 Å². The fourth-order valence-corrected chi connectivity index (χ4v) is 1.66. The zero-order valence-electron chi connectivity index (χ0n) is 11.7. The van der Waals surface area contributed by atoms with Crippen LogP contribution in [0.15, 0.2) is 12.3 Å². The lowest BCUT2D eigenvalue weighted by Gasteiger charge is -2.19. The number of nitrogens with one attached hydrogen (secondary N) is 1. The SMILES string of the molecule is CNc1cc(C(=O)N(C)CCOC(C)C)c(Cl)cn1. The van der Waals surface area contributed by atoms with Crippen molar-refractivity contribution < 1.29 is 9.53 Å². The summed E-state index contributed by atoms with van der Waals surface area (Å²) in [6, 6.07) is 1.64. The first kappa shape index (κ1) is 15.7. The first-order chi connectivity index (χ1) is 8.95. The number of hydrogen-bond donors (Lipinski definition) is 1. The molecule has 0 saturated heterocycles. The lowest BCUT2D eigenvalue weighted by Crippen LogP contribution is -2.31. The summed E-state index contributed by atoms with van der Waals surface area (Å²) in [5.74, 6) is 0.468. The number of carbonyl (C=O) groups is 1. The molecule has 0 aliphatic heterocycles. The molecule has 1 amide bonds. The van der Waals surface area contributed by atoms with Gasteiger partial charge in [-0.15, -0.1) is 0 Å². The average Bonchev–Trinajstić information content (AvgIpc) is 2.38. The Kier molecular flexibility index (Phi) is 6.05. The third kappa shape index (κ3) is 4.69. The minimum Gasteiger partial charge on any atom is -0.377 e. The van der Waals surface area contributed by atoms with E-state index in [9.17, 15) is 4.79 Å². The third-order valence-corrected chi connectivity index (χ3v) is 2.87. The largest absolute Gasteiger partial charge is 0.377 e. The van der Waals surface area contributed by atoms with E-state index in [2.05, 4.69) is 10.3 Å². The Morgan fingerprint density at radius 2 is 2.26 bits per heavy atom. The van der Waals surface area contributed by atoms with E-state index in [1.807, 2.05) is 13.8 Å². The monoisotopic (exact) mass is 285 g/mol. The molecule has 5 nitrogen and oxygen atoms in total. The van der Waals surface area contributed by atoms with E-state index < -0.39 is 0 Å². The second-order valence-corrected chi connectivity index (χ2v) is 4.85. The molecule has 106 valence electrons. The topological polar surface area (TPSA) is 54.5 Å². The Morgan fingerprint density at radius 1 is 1.58 bits per heavy atom. The molecule has 0 fully saturated rings. The second-order valence-electron chi connectivity index (χ2n) is 4.45. The van der Waals surface area contributed by atoms with Gasteiger partial charge < -0.3 is 15.0 Å². The summed E-state index contributed by atoms with van der Waals surface area (Å²) in [4.78, 5) is 17.9. The Bertz CT molecular complexity index is 438. The van der Waals surface area contributed by atoms with Gasteiger partial charge in [-0.05, 0) is 19.9 Å². The maximum absolute atomic E-state index is 12.2. The first-order valence-corrected chi connectivity index (χ1v) is 6.54. The quantitative estimate of drug-likeness (QED) is 0.871. The van der Waals surface area contributed by atoms with Crippen LogP contribution in [-0.4, -0.2) is 49.1 Å². The number of nitrogens with zero attached hydrogens (tertiary/aromatic N) is 2. The maximum Gasteiger partial charge on any atom is 0.255 e. The van der Waals surface area contributed by atoms with Crippen LogP contribution in [0.3, 0.4) is 0 Å². The number of hydrogen-bond acceptors (Lipinski definition) is 4. The van der Waals surface area contributed by atoms with Crippen LogP contribution in [0.5, 0.6) is 0 Å². The van der Waals surface area contributed by atoms with Crippen molar-refractivity contribution in [3.8, 4) is 0 Å². The molecule has 0 aromatic carbocycles. The zero-order valence-corrected chi connectivity index (χ0v) is 12.5. The molecule has 0 aliphatic carbocycles. The number of rotatable bonds is 6. The predicted octanol–water partition coefficient (Wildman–Crippen LogP) is 2.27. The van der Waals surface area contributed by atoms with Gasteiger partial charge >= 0.3 is 0 Å². The van der Waals surface area contributed by atoms with Gasteiger partial charge in [0.15, 0.2) is 0 Å². The van der Waals surface area contributed by atoms with E-state index in [4.69, 9.17) is 16.3 Å². The van der Waals surface area contributed by atoms with E-state index in [1.165, 1.54) is 6.20 Å². The van der Waals surface area contributed by atoms with Gasteiger partial charge in [-0.1, -0.05) is 11.6 Å². The Labute approximate surface area is 118 Å². The Hall–Kier alpha value is -1.33. The summed E-state index contributed by atoms with van der Waals surface area (Å²) in [5, 5.41) is 3.23. The van der Waals surface area contributed by atoms with Gasteiger partial charge in [0, 0.05) is 26.8 Å². The highest BCUT2D eigenvalue weighted by Crippen LogP contribution is 2.19. The molecule has 0 radical (unpaired) electrons. The molecule has 0 bridgehead atoms. The summed E-state index contributed by atoms with van der Waals surface area (Å²) >= 11 is 6.01. The number of pyridine rings is 1. The number of carbonyl (C=O) groups excluding carboxylic acids is 1. The molecule has 0 saturated carbocycles.